The Labute approximate surface area is 95.4 Å². The first-order chi connectivity index (χ1) is 7.95. The molecule has 96 valence electrons. The van der Waals surface area contributed by atoms with Crippen LogP contribution in [-0.4, -0.2) is 12.6 Å². The van der Waals surface area contributed by atoms with Crippen LogP contribution >= 0.6 is 7.92 Å². The second-order valence-corrected chi connectivity index (χ2v) is 5.51. The quantitative estimate of drug-likeness (QED) is 0.339. The number of halogens is 6. The lowest BCUT2D eigenvalue weighted by Gasteiger charge is -2.16. The van der Waals surface area contributed by atoms with Gasteiger partial charge in [0.05, 0.1) is 5.30 Å². The fourth-order valence-corrected chi connectivity index (χ4v) is 3.13. The average Bonchev–Trinajstić information content (AvgIpc) is 2.33. The van der Waals surface area contributed by atoms with Crippen LogP contribution in [0.25, 0.3) is 0 Å². The van der Waals surface area contributed by atoms with Crippen molar-refractivity contribution >= 4 is 13.2 Å². The molecule has 0 aromatic heterocycles. The Hall–Kier alpha value is -0.770. The van der Waals surface area contributed by atoms with Crippen LogP contribution in [-0.2, 0) is 0 Å². The lowest BCUT2D eigenvalue weighted by atomic mass is 10.3. The zero-order valence-electron chi connectivity index (χ0n) is 8.84. The summed E-state index contributed by atoms with van der Waals surface area (Å²) in [5.74, 6) is -10.1. The van der Waals surface area contributed by atoms with E-state index in [1.54, 1.807) is 6.92 Å². The Kier molecular flexibility index (Phi) is 4.80. The van der Waals surface area contributed by atoms with Gasteiger partial charge < -0.3 is 0 Å². The molecule has 0 fully saturated rings. The Morgan fingerprint density at radius 2 is 1.24 bits per heavy atom. The Balaban J connectivity index is 3.41. The van der Waals surface area contributed by atoms with Crippen LogP contribution in [0.1, 0.15) is 13.3 Å². The largest absolute Gasteiger partial charge is 0.246 e. The first-order valence-corrected chi connectivity index (χ1v) is 6.49. The van der Waals surface area contributed by atoms with Gasteiger partial charge in [0.1, 0.15) is 6.42 Å². The van der Waals surface area contributed by atoms with Crippen LogP contribution in [0.2, 0.25) is 0 Å². The van der Waals surface area contributed by atoms with Crippen molar-refractivity contribution in [3.63, 3.8) is 0 Å². The predicted molar refractivity (Wildman–Crippen MR) is 53.9 cm³/mol. The molecule has 1 unspecified atom stereocenters. The molecular weight excluding hydrogens is 265 g/mol. The molecule has 1 atom stereocenters. The highest BCUT2D eigenvalue weighted by Gasteiger charge is 2.29. The first-order valence-electron chi connectivity index (χ1n) is 4.78. The van der Waals surface area contributed by atoms with Gasteiger partial charge in [-0.2, -0.15) is 0 Å². The van der Waals surface area contributed by atoms with Crippen molar-refractivity contribution in [3.8, 4) is 0 Å². The fraction of sp³-hybridized carbons (Fsp3) is 0.400. The molecule has 0 aliphatic carbocycles. The van der Waals surface area contributed by atoms with Crippen LogP contribution in [0.5, 0.6) is 0 Å². The van der Waals surface area contributed by atoms with E-state index in [2.05, 4.69) is 0 Å². The average molecular weight is 274 g/mol. The van der Waals surface area contributed by atoms with Crippen molar-refractivity contribution in [3.05, 3.63) is 29.1 Å². The van der Waals surface area contributed by atoms with E-state index < -0.39 is 48.7 Å². The van der Waals surface area contributed by atoms with E-state index in [9.17, 15) is 26.3 Å². The van der Waals surface area contributed by atoms with Crippen LogP contribution in [0.4, 0.5) is 26.3 Å². The molecule has 0 radical (unpaired) electrons. The molecule has 0 N–H and O–H groups in total. The Morgan fingerprint density at radius 1 is 0.824 bits per heavy atom. The smallest absolute Gasteiger partial charge is 0.200 e. The third-order valence-electron chi connectivity index (χ3n) is 2.14. The summed E-state index contributed by atoms with van der Waals surface area (Å²) in [5, 5.41) is -0.999. The molecule has 7 heteroatoms. The monoisotopic (exact) mass is 274 g/mol. The number of hydrogen-bond donors (Lipinski definition) is 0. The van der Waals surface area contributed by atoms with E-state index in [0.29, 0.717) is 6.42 Å². The number of benzene rings is 1. The van der Waals surface area contributed by atoms with Crippen molar-refractivity contribution in [2.24, 2.45) is 0 Å². The van der Waals surface area contributed by atoms with Gasteiger partial charge in [-0.1, -0.05) is 13.3 Å². The highest BCUT2D eigenvalue weighted by molar-refractivity contribution is 7.65. The maximum absolute atomic E-state index is 13.3. The molecule has 0 bridgehead atoms. The van der Waals surface area contributed by atoms with Crippen LogP contribution < -0.4 is 5.30 Å². The van der Waals surface area contributed by atoms with Crippen molar-refractivity contribution in [2.45, 2.75) is 13.3 Å². The summed E-state index contributed by atoms with van der Waals surface area (Å²) in [7, 11) is -2.00. The lowest BCUT2D eigenvalue weighted by molar-refractivity contribution is 0.384. The highest BCUT2D eigenvalue weighted by atomic mass is 31.1. The third kappa shape index (κ3) is 2.57. The summed E-state index contributed by atoms with van der Waals surface area (Å²) in [4.78, 5) is 0. The SMILES string of the molecule is CCCP(CF)c1c(F)c(F)c(F)c(F)c1F. The molecule has 1 aromatic carbocycles. The molecule has 17 heavy (non-hydrogen) atoms. The predicted octanol–water partition coefficient (Wildman–Crippen LogP) is 3.83. The van der Waals surface area contributed by atoms with Gasteiger partial charge in [0.15, 0.2) is 23.3 Å². The Morgan fingerprint density at radius 3 is 1.59 bits per heavy atom. The second-order valence-electron chi connectivity index (χ2n) is 3.30. The zero-order valence-corrected chi connectivity index (χ0v) is 9.73. The van der Waals surface area contributed by atoms with E-state index in [0.717, 1.165) is 0 Å². The minimum Gasteiger partial charge on any atom is -0.246 e. The van der Waals surface area contributed by atoms with Gasteiger partial charge in [0.2, 0.25) is 5.82 Å². The van der Waals surface area contributed by atoms with Crippen LogP contribution in [0.3, 0.4) is 0 Å². The van der Waals surface area contributed by atoms with E-state index in [-0.39, 0.29) is 6.16 Å². The molecule has 0 heterocycles. The molecule has 0 saturated heterocycles. The lowest BCUT2D eigenvalue weighted by Crippen LogP contribution is -2.20. The number of alkyl halides is 1. The van der Waals surface area contributed by atoms with E-state index >= 15 is 0 Å². The summed E-state index contributed by atoms with van der Waals surface area (Å²) in [6.07, 6.45) is -0.638. The molecule has 0 nitrogen and oxygen atoms in total. The van der Waals surface area contributed by atoms with Crippen LogP contribution in [0, 0.1) is 29.1 Å². The van der Waals surface area contributed by atoms with Crippen LogP contribution in [0.15, 0.2) is 0 Å². The van der Waals surface area contributed by atoms with Gasteiger partial charge in [-0.25, -0.2) is 26.3 Å². The maximum Gasteiger partial charge on any atom is 0.200 e. The summed E-state index contributed by atoms with van der Waals surface area (Å²) in [6.45, 7) is 1.64. The standard InChI is InChI=1S/C10H9F6P/c1-2-3-17(4-11)10-8(15)6(13)5(12)7(14)9(10)16/h2-4H2,1H3. The van der Waals surface area contributed by atoms with E-state index in [4.69, 9.17) is 0 Å². The normalized spacial score (nSPS) is 12.9. The molecular formula is C10H9F6P. The topological polar surface area (TPSA) is 0 Å². The number of rotatable bonds is 4. The summed E-state index contributed by atoms with van der Waals surface area (Å²) in [6, 6.07) is 0. The van der Waals surface area contributed by atoms with E-state index in [1.807, 2.05) is 0 Å². The molecule has 0 aliphatic heterocycles. The van der Waals surface area contributed by atoms with Gasteiger partial charge in [-0.3, -0.25) is 0 Å². The minimum atomic E-state index is -2.21. The Bertz CT molecular complexity index is 391. The van der Waals surface area contributed by atoms with Crippen molar-refractivity contribution in [1.82, 2.24) is 0 Å². The molecule has 0 saturated carbocycles. The van der Waals surface area contributed by atoms with Crippen molar-refractivity contribution < 1.29 is 26.3 Å². The third-order valence-corrected chi connectivity index (χ3v) is 4.44. The summed E-state index contributed by atoms with van der Waals surface area (Å²) in [5.41, 5.74) is 0. The molecule has 0 spiro atoms. The highest BCUT2D eigenvalue weighted by Crippen LogP contribution is 2.38. The van der Waals surface area contributed by atoms with Gasteiger partial charge in [-0.05, 0) is 14.1 Å². The maximum atomic E-state index is 13.3. The molecule has 1 aromatic rings. The molecule has 0 aliphatic rings. The summed E-state index contributed by atoms with van der Waals surface area (Å²) >= 11 is 0. The number of hydrogen-bond acceptors (Lipinski definition) is 0. The fourth-order valence-electron chi connectivity index (χ4n) is 1.37. The zero-order chi connectivity index (χ0) is 13.2. The molecule has 1 rings (SSSR count). The van der Waals surface area contributed by atoms with Gasteiger partial charge in [-0.15, -0.1) is 0 Å². The van der Waals surface area contributed by atoms with Gasteiger partial charge in [0, 0.05) is 0 Å². The first kappa shape index (κ1) is 14.3. The van der Waals surface area contributed by atoms with Gasteiger partial charge in [0.25, 0.3) is 0 Å². The molecule has 0 amide bonds. The van der Waals surface area contributed by atoms with Gasteiger partial charge >= 0.3 is 0 Å². The van der Waals surface area contributed by atoms with Crippen molar-refractivity contribution in [1.29, 1.82) is 0 Å². The minimum absolute atomic E-state index is 0.0736. The van der Waals surface area contributed by atoms with E-state index in [1.165, 1.54) is 0 Å². The van der Waals surface area contributed by atoms with Crippen molar-refractivity contribution in [2.75, 3.05) is 12.6 Å². The summed E-state index contributed by atoms with van der Waals surface area (Å²) < 4.78 is 77.7. The second kappa shape index (κ2) is 5.71.